The average molecular weight is 250 g/mol. The zero-order valence-corrected chi connectivity index (χ0v) is 10.5. The summed E-state index contributed by atoms with van der Waals surface area (Å²) in [6.45, 7) is 2.62. The third-order valence-electron chi connectivity index (χ3n) is 3.16. The molecule has 0 saturated heterocycles. The van der Waals surface area contributed by atoms with Gasteiger partial charge in [0.2, 0.25) is 0 Å². The Bertz CT molecular complexity index is 416. The summed E-state index contributed by atoms with van der Waals surface area (Å²) >= 11 is 0. The molecule has 0 saturated carbocycles. The topological polar surface area (TPSA) is 55.8 Å². The highest BCUT2D eigenvalue weighted by molar-refractivity contribution is 5.69. The first-order valence-electron chi connectivity index (χ1n) is 6.27. The Morgan fingerprint density at radius 2 is 2.28 bits per heavy atom. The number of esters is 1. The smallest absolute Gasteiger partial charge is 0.305 e. The summed E-state index contributed by atoms with van der Waals surface area (Å²) in [5, 5.41) is 10.2. The van der Waals surface area contributed by atoms with Gasteiger partial charge in [-0.2, -0.15) is 0 Å². The maximum atomic E-state index is 11.3. The fourth-order valence-electron chi connectivity index (χ4n) is 2.18. The second-order valence-corrected chi connectivity index (χ2v) is 4.40. The van der Waals surface area contributed by atoms with Crippen molar-refractivity contribution in [2.75, 3.05) is 13.2 Å². The van der Waals surface area contributed by atoms with Crippen molar-refractivity contribution in [3.63, 3.8) is 0 Å². The molecule has 18 heavy (non-hydrogen) atoms. The summed E-state index contributed by atoms with van der Waals surface area (Å²) in [6.07, 6.45) is 0.333. The number of para-hydroxylation sites is 1. The molecule has 0 fully saturated rings. The highest BCUT2D eigenvalue weighted by atomic mass is 16.5. The van der Waals surface area contributed by atoms with Crippen LogP contribution in [0.2, 0.25) is 0 Å². The normalized spacial score (nSPS) is 21.9. The van der Waals surface area contributed by atoms with Crippen molar-refractivity contribution in [2.24, 2.45) is 5.92 Å². The highest BCUT2D eigenvalue weighted by Gasteiger charge is 2.29. The molecule has 98 valence electrons. The van der Waals surface area contributed by atoms with Gasteiger partial charge in [0.15, 0.2) is 0 Å². The maximum absolute atomic E-state index is 11.3. The first-order valence-corrected chi connectivity index (χ1v) is 6.27. The standard InChI is InChI=1S/C14H18O4/c1-2-17-13(15)8-7-10-9-18-12-6-4-3-5-11(12)14(10)16/h3-6,10,14,16H,2,7-9H2,1H3. The van der Waals surface area contributed by atoms with E-state index in [1.165, 1.54) is 0 Å². The van der Waals surface area contributed by atoms with Gasteiger partial charge in [-0.3, -0.25) is 4.79 Å². The van der Waals surface area contributed by atoms with E-state index in [-0.39, 0.29) is 11.9 Å². The summed E-state index contributed by atoms with van der Waals surface area (Å²) in [6, 6.07) is 7.46. The molecule has 0 aromatic heterocycles. The fraction of sp³-hybridized carbons (Fsp3) is 0.500. The van der Waals surface area contributed by atoms with Gasteiger partial charge in [0.1, 0.15) is 5.75 Å². The zero-order valence-electron chi connectivity index (χ0n) is 10.5. The summed E-state index contributed by atoms with van der Waals surface area (Å²) in [5.74, 6) is 0.463. The molecular formula is C14H18O4. The van der Waals surface area contributed by atoms with Gasteiger partial charge < -0.3 is 14.6 Å². The van der Waals surface area contributed by atoms with Gasteiger partial charge in [0.25, 0.3) is 0 Å². The van der Waals surface area contributed by atoms with Gasteiger partial charge in [-0.15, -0.1) is 0 Å². The van der Waals surface area contributed by atoms with Crippen LogP contribution in [0.5, 0.6) is 5.75 Å². The van der Waals surface area contributed by atoms with Crippen LogP contribution in [-0.2, 0) is 9.53 Å². The fourth-order valence-corrected chi connectivity index (χ4v) is 2.18. The molecule has 2 rings (SSSR count). The predicted octanol–water partition coefficient (Wildman–Crippen LogP) is 2.07. The molecule has 2 unspecified atom stereocenters. The molecule has 1 heterocycles. The van der Waals surface area contributed by atoms with E-state index in [2.05, 4.69) is 0 Å². The molecule has 1 aliphatic heterocycles. The minimum Gasteiger partial charge on any atom is -0.493 e. The summed E-state index contributed by atoms with van der Waals surface area (Å²) < 4.78 is 10.5. The number of fused-ring (bicyclic) bond motifs is 1. The van der Waals surface area contributed by atoms with Crippen LogP contribution in [0.25, 0.3) is 0 Å². The van der Waals surface area contributed by atoms with Crippen molar-refractivity contribution in [3.05, 3.63) is 29.8 Å². The van der Waals surface area contributed by atoms with Crippen LogP contribution in [0.3, 0.4) is 0 Å². The van der Waals surface area contributed by atoms with Crippen molar-refractivity contribution >= 4 is 5.97 Å². The van der Waals surface area contributed by atoms with Gasteiger partial charge in [-0.25, -0.2) is 0 Å². The van der Waals surface area contributed by atoms with Crippen molar-refractivity contribution in [3.8, 4) is 5.75 Å². The monoisotopic (exact) mass is 250 g/mol. The van der Waals surface area contributed by atoms with Crippen LogP contribution in [0.1, 0.15) is 31.4 Å². The third kappa shape index (κ3) is 2.82. The molecule has 0 amide bonds. The second-order valence-electron chi connectivity index (χ2n) is 4.40. The minimum atomic E-state index is -0.565. The molecule has 0 aliphatic carbocycles. The van der Waals surface area contributed by atoms with E-state index < -0.39 is 6.10 Å². The number of hydrogen-bond donors (Lipinski definition) is 1. The van der Waals surface area contributed by atoms with Gasteiger partial charge in [0.05, 0.1) is 19.3 Å². The lowest BCUT2D eigenvalue weighted by Gasteiger charge is -2.30. The van der Waals surface area contributed by atoms with Crippen molar-refractivity contribution in [1.82, 2.24) is 0 Å². The summed E-state index contributed by atoms with van der Waals surface area (Å²) in [4.78, 5) is 11.3. The van der Waals surface area contributed by atoms with E-state index in [4.69, 9.17) is 9.47 Å². The van der Waals surface area contributed by atoms with Crippen LogP contribution in [0.4, 0.5) is 0 Å². The average Bonchev–Trinajstić information content (AvgIpc) is 2.39. The summed E-state index contributed by atoms with van der Waals surface area (Å²) in [5.41, 5.74) is 0.803. The first kappa shape index (κ1) is 12.9. The Morgan fingerprint density at radius 3 is 3.06 bits per heavy atom. The van der Waals surface area contributed by atoms with Crippen molar-refractivity contribution in [1.29, 1.82) is 0 Å². The van der Waals surface area contributed by atoms with Crippen molar-refractivity contribution in [2.45, 2.75) is 25.9 Å². The van der Waals surface area contributed by atoms with Crippen LogP contribution in [0, 0.1) is 5.92 Å². The van der Waals surface area contributed by atoms with E-state index in [1.54, 1.807) is 6.92 Å². The summed E-state index contributed by atoms with van der Waals surface area (Å²) in [7, 11) is 0. The third-order valence-corrected chi connectivity index (χ3v) is 3.16. The Morgan fingerprint density at radius 1 is 1.50 bits per heavy atom. The van der Waals surface area contributed by atoms with Crippen LogP contribution in [-0.4, -0.2) is 24.3 Å². The van der Waals surface area contributed by atoms with E-state index >= 15 is 0 Å². The SMILES string of the molecule is CCOC(=O)CCC1COc2ccccc2C1O. The Kier molecular flexibility index (Phi) is 4.20. The molecule has 1 N–H and O–H groups in total. The molecule has 0 radical (unpaired) electrons. The predicted molar refractivity (Wildman–Crippen MR) is 66.3 cm³/mol. The first-order chi connectivity index (χ1) is 8.72. The van der Waals surface area contributed by atoms with Gasteiger partial charge in [-0.1, -0.05) is 18.2 Å². The molecule has 0 spiro atoms. The lowest BCUT2D eigenvalue weighted by Crippen LogP contribution is -2.26. The Hall–Kier alpha value is -1.55. The second kappa shape index (κ2) is 5.87. The number of rotatable bonds is 4. The van der Waals surface area contributed by atoms with E-state index in [0.717, 1.165) is 11.3 Å². The molecule has 2 atom stereocenters. The molecule has 4 nitrogen and oxygen atoms in total. The largest absolute Gasteiger partial charge is 0.493 e. The number of hydrogen-bond acceptors (Lipinski definition) is 4. The molecule has 1 aromatic rings. The minimum absolute atomic E-state index is 0.0516. The van der Waals surface area contributed by atoms with Gasteiger partial charge in [-0.05, 0) is 19.4 Å². The lowest BCUT2D eigenvalue weighted by molar-refractivity contribution is -0.143. The number of carbonyl (C=O) groups is 1. The molecule has 4 heteroatoms. The Labute approximate surface area is 107 Å². The van der Waals surface area contributed by atoms with Gasteiger partial charge in [0, 0.05) is 17.9 Å². The van der Waals surface area contributed by atoms with Crippen molar-refractivity contribution < 1.29 is 19.4 Å². The maximum Gasteiger partial charge on any atom is 0.305 e. The van der Waals surface area contributed by atoms with E-state index in [1.807, 2.05) is 24.3 Å². The Balaban J connectivity index is 1.95. The number of aliphatic hydroxyl groups excluding tert-OH is 1. The highest BCUT2D eigenvalue weighted by Crippen LogP contribution is 2.36. The van der Waals surface area contributed by atoms with Crippen LogP contribution < -0.4 is 4.74 Å². The molecular weight excluding hydrogens is 232 g/mol. The zero-order chi connectivity index (χ0) is 13.0. The molecule has 1 aliphatic rings. The number of ether oxygens (including phenoxy) is 2. The van der Waals surface area contributed by atoms with Gasteiger partial charge >= 0.3 is 5.97 Å². The van der Waals surface area contributed by atoms with Crippen LogP contribution >= 0.6 is 0 Å². The molecule has 0 bridgehead atoms. The van der Waals surface area contributed by atoms with E-state index in [9.17, 15) is 9.90 Å². The number of aliphatic hydroxyl groups is 1. The molecule has 1 aromatic carbocycles. The number of carbonyl (C=O) groups excluding carboxylic acids is 1. The van der Waals surface area contributed by atoms with E-state index in [0.29, 0.717) is 26.1 Å². The quantitative estimate of drug-likeness (QED) is 0.831. The van der Waals surface area contributed by atoms with Crippen LogP contribution in [0.15, 0.2) is 24.3 Å². The number of benzene rings is 1. The lowest BCUT2D eigenvalue weighted by atomic mass is 9.90.